The third-order valence-electron chi connectivity index (χ3n) is 8.82. The molecule has 3 aliphatic rings. The van der Waals surface area contributed by atoms with Gasteiger partial charge in [-0.3, -0.25) is 9.59 Å². The first-order valence-corrected chi connectivity index (χ1v) is 15.2. The first-order valence-electron chi connectivity index (χ1n) is 15.2. The molecule has 1 saturated carbocycles. The molecule has 1 fully saturated rings. The minimum absolute atomic E-state index is 0.0739. The van der Waals surface area contributed by atoms with Crippen molar-refractivity contribution in [3.05, 3.63) is 69.9 Å². The van der Waals surface area contributed by atoms with Crippen molar-refractivity contribution in [2.24, 2.45) is 23.7 Å². The molecule has 0 heterocycles. The van der Waals surface area contributed by atoms with E-state index in [1.165, 1.54) is 33.4 Å². The normalized spacial score (nSPS) is 25.7. The Morgan fingerprint density at radius 3 is 1.39 bits per heavy atom. The van der Waals surface area contributed by atoms with E-state index in [2.05, 4.69) is 78.0 Å². The van der Waals surface area contributed by atoms with Gasteiger partial charge in [0.15, 0.2) is 0 Å². The van der Waals surface area contributed by atoms with Crippen molar-refractivity contribution < 1.29 is 9.59 Å². The molecule has 0 aromatic rings. The highest BCUT2D eigenvalue weighted by Crippen LogP contribution is 2.46. The van der Waals surface area contributed by atoms with Crippen LogP contribution in [0.15, 0.2) is 69.9 Å². The molecule has 0 bridgehead atoms. The lowest BCUT2D eigenvalue weighted by Gasteiger charge is -2.43. The van der Waals surface area contributed by atoms with Crippen molar-refractivity contribution in [3.8, 4) is 0 Å². The zero-order chi connectivity index (χ0) is 27.7. The molecule has 0 amide bonds. The van der Waals surface area contributed by atoms with Crippen molar-refractivity contribution in [2.75, 3.05) is 0 Å². The van der Waals surface area contributed by atoms with Crippen LogP contribution in [0, 0.1) is 23.7 Å². The summed E-state index contributed by atoms with van der Waals surface area (Å²) < 4.78 is 0. The monoisotopic (exact) mass is 516 g/mol. The SMILES string of the molecule is CC(C)=CCC/C(C)=C/CCC1=CCC2C(=O)C3CC=C(CC/C=C(\C)CCC=C(C)C)CC3C(=O)C2C1. The van der Waals surface area contributed by atoms with Crippen LogP contribution in [0.25, 0.3) is 0 Å². The Kier molecular flexibility index (Phi) is 11.8. The molecular weight excluding hydrogens is 464 g/mol. The summed E-state index contributed by atoms with van der Waals surface area (Å²) in [6.45, 7) is 13.1. The quantitative estimate of drug-likeness (QED) is 0.242. The predicted molar refractivity (Wildman–Crippen MR) is 162 cm³/mol. The van der Waals surface area contributed by atoms with Crippen LogP contribution in [-0.2, 0) is 9.59 Å². The Bertz CT molecular complexity index is 953. The van der Waals surface area contributed by atoms with Gasteiger partial charge in [0, 0.05) is 23.7 Å². The summed E-state index contributed by atoms with van der Waals surface area (Å²) in [7, 11) is 0. The van der Waals surface area contributed by atoms with Gasteiger partial charge in [0.2, 0.25) is 0 Å². The highest BCUT2D eigenvalue weighted by molar-refractivity contribution is 6.00. The van der Waals surface area contributed by atoms with Crippen LogP contribution in [0.1, 0.15) is 119 Å². The predicted octanol–water partition coefficient (Wildman–Crippen LogP) is 9.99. The molecule has 3 rings (SSSR count). The van der Waals surface area contributed by atoms with E-state index < -0.39 is 0 Å². The lowest BCUT2D eigenvalue weighted by atomic mass is 9.58. The molecule has 0 radical (unpaired) electrons. The number of hydrogen-bond donors (Lipinski definition) is 0. The highest BCUT2D eigenvalue weighted by atomic mass is 16.1. The van der Waals surface area contributed by atoms with Gasteiger partial charge in [-0.05, 0) is 119 Å². The molecule has 0 saturated heterocycles. The average Bonchev–Trinajstić information content (AvgIpc) is 2.86. The molecule has 0 N–H and O–H groups in total. The average molecular weight is 517 g/mol. The lowest BCUT2D eigenvalue weighted by Crippen LogP contribution is -2.49. The van der Waals surface area contributed by atoms with E-state index in [-0.39, 0.29) is 23.7 Å². The number of hydrogen-bond acceptors (Lipinski definition) is 2. The van der Waals surface area contributed by atoms with E-state index in [4.69, 9.17) is 0 Å². The maximum Gasteiger partial charge on any atom is 0.141 e. The molecule has 208 valence electrons. The fourth-order valence-corrected chi connectivity index (χ4v) is 6.51. The number of ketones is 2. The van der Waals surface area contributed by atoms with Crippen LogP contribution in [0.2, 0.25) is 0 Å². The first kappa shape index (κ1) is 30.3. The van der Waals surface area contributed by atoms with Crippen LogP contribution in [-0.4, -0.2) is 11.6 Å². The van der Waals surface area contributed by atoms with Gasteiger partial charge in [-0.1, -0.05) is 69.9 Å². The van der Waals surface area contributed by atoms with Gasteiger partial charge in [0.25, 0.3) is 0 Å². The minimum Gasteiger partial charge on any atom is -0.299 e. The van der Waals surface area contributed by atoms with Crippen molar-refractivity contribution in [1.82, 2.24) is 0 Å². The third kappa shape index (κ3) is 8.92. The Labute approximate surface area is 233 Å². The van der Waals surface area contributed by atoms with E-state index in [9.17, 15) is 9.59 Å². The number of rotatable bonds is 12. The van der Waals surface area contributed by atoms with Crippen molar-refractivity contribution >= 4 is 11.6 Å². The molecule has 0 aromatic carbocycles. The topological polar surface area (TPSA) is 34.1 Å². The summed E-state index contributed by atoms with van der Waals surface area (Å²) in [6.07, 6.45) is 25.6. The largest absolute Gasteiger partial charge is 0.299 e. The molecular formula is C36H52O2. The third-order valence-corrected chi connectivity index (χ3v) is 8.82. The van der Waals surface area contributed by atoms with E-state index >= 15 is 0 Å². The second kappa shape index (κ2) is 14.8. The Morgan fingerprint density at radius 2 is 1.00 bits per heavy atom. The number of allylic oxidation sites excluding steroid dienone is 12. The van der Waals surface area contributed by atoms with E-state index in [1.807, 2.05) is 0 Å². The Morgan fingerprint density at radius 1 is 0.605 bits per heavy atom. The Balaban J connectivity index is 1.52. The summed E-state index contributed by atoms with van der Waals surface area (Å²) in [4.78, 5) is 27.1. The van der Waals surface area contributed by atoms with Crippen LogP contribution in [0.5, 0.6) is 0 Å². The number of Topliss-reactive ketones (excluding diaryl/α,β-unsaturated/α-hetero) is 2. The molecule has 2 nitrogen and oxygen atoms in total. The van der Waals surface area contributed by atoms with Crippen LogP contribution < -0.4 is 0 Å². The van der Waals surface area contributed by atoms with E-state index in [1.54, 1.807) is 0 Å². The number of fused-ring (bicyclic) bond motifs is 2. The summed E-state index contributed by atoms with van der Waals surface area (Å²) in [5.41, 5.74) is 8.43. The maximum absolute atomic E-state index is 13.7. The molecule has 4 unspecified atom stereocenters. The maximum atomic E-state index is 13.7. The summed E-state index contributed by atoms with van der Waals surface area (Å²) in [5.74, 6) is 0.449. The van der Waals surface area contributed by atoms with Crippen molar-refractivity contribution in [2.45, 2.75) is 119 Å². The van der Waals surface area contributed by atoms with Gasteiger partial charge in [0.1, 0.15) is 11.6 Å². The summed E-state index contributed by atoms with van der Waals surface area (Å²) >= 11 is 0. The molecule has 0 aliphatic heterocycles. The van der Waals surface area contributed by atoms with Gasteiger partial charge in [-0.15, -0.1) is 0 Å². The zero-order valence-electron chi connectivity index (χ0n) is 25.1. The molecule has 38 heavy (non-hydrogen) atoms. The molecule has 0 aromatic heterocycles. The molecule has 4 atom stereocenters. The van der Waals surface area contributed by atoms with Crippen molar-refractivity contribution in [1.29, 1.82) is 0 Å². The summed E-state index contributed by atoms with van der Waals surface area (Å²) in [6, 6.07) is 0. The highest BCUT2D eigenvalue weighted by Gasteiger charge is 2.50. The molecule has 3 aliphatic carbocycles. The fraction of sp³-hybridized carbons (Fsp3) is 0.611. The van der Waals surface area contributed by atoms with Crippen molar-refractivity contribution in [3.63, 3.8) is 0 Å². The second-order valence-electron chi connectivity index (χ2n) is 12.7. The van der Waals surface area contributed by atoms with E-state index in [0.29, 0.717) is 11.6 Å². The van der Waals surface area contributed by atoms with Gasteiger partial charge in [-0.25, -0.2) is 0 Å². The van der Waals surface area contributed by atoms with Gasteiger partial charge >= 0.3 is 0 Å². The first-order chi connectivity index (χ1) is 18.2. The number of carbonyl (C=O) groups excluding carboxylic acids is 2. The van der Waals surface area contributed by atoms with Gasteiger partial charge < -0.3 is 0 Å². The standard InChI is InChI=1S/C36H52O2/c1-25(2)11-7-13-27(5)15-9-17-29-19-21-31-33(23-29)36(38)34-24-30(20-22-32(34)35(31)37)18-10-16-28(6)14-8-12-26(3)4/h11-12,15-16,19-20,31-34H,7-10,13-14,17-18,21-24H2,1-6H3/b27-15+,28-16+. The number of carbonyl (C=O) groups is 2. The van der Waals surface area contributed by atoms with Gasteiger partial charge in [0.05, 0.1) is 0 Å². The summed E-state index contributed by atoms with van der Waals surface area (Å²) in [5, 5.41) is 0. The van der Waals surface area contributed by atoms with Crippen LogP contribution >= 0.6 is 0 Å². The second-order valence-corrected chi connectivity index (χ2v) is 12.7. The lowest BCUT2D eigenvalue weighted by molar-refractivity contribution is -0.147. The minimum atomic E-state index is -0.0805. The zero-order valence-corrected chi connectivity index (χ0v) is 25.1. The smallest absolute Gasteiger partial charge is 0.141 e. The molecule has 2 heteroatoms. The van der Waals surface area contributed by atoms with E-state index in [0.717, 1.165) is 77.0 Å². The van der Waals surface area contributed by atoms with Crippen LogP contribution in [0.4, 0.5) is 0 Å². The molecule has 0 spiro atoms. The fourth-order valence-electron chi connectivity index (χ4n) is 6.51. The Hall–Kier alpha value is -2.22. The van der Waals surface area contributed by atoms with Gasteiger partial charge in [-0.2, -0.15) is 0 Å². The van der Waals surface area contributed by atoms with Crippen LogP contribution in [0.3, 0.4) is 0 Å².